The summed E-state index contributed by atoms with van der Waals surface area (Å²) in [6.07, 6.45) is 0.508. The zero-order chi connectivity index (χ0) is 34.0. The third-order valence-electron chi connectivity index (χ3n) is 7.71. The predicted octanol–water partition coefficient (Wildman–Crippen LogP) is 8.99. The summed E-state index contributed by atoms with van der Waals surface area (Å²) in [5.74, 6) is 2.91. The number of esters is 1. The van der Waals surface area contributed by atoms with Crippen LogP contribution < -0.4 is 23.7 Å². The second-order valence-corrected chi connectivity index (χ2v) is 12.9. The zero-order valence-corrected chi connectivity index (χ0v) is 29.2. The molecule has 8 nitrogen and oxygen atoms in total. The van der Waals surface area contributed by atoms with E-state index in [2.05, 4.69) is 16.7 Å². The Kier molecular flexibility index (Phi) is 10.1. The molecule has 0 spiro atoms. The first-order chi connectivity index (χ1) is 22.4. The number of carbonyl (C=O) groups is 1. The number of hydrogen-bond donors (Lipinski definition) is 0. The van der Waals surface area contributed by atoms with Gasteiger partial charge in [0.2, 0.25) is 0 Å². The minimum atomic E-state index is -0.435. The Labute approximate surface area is 278 Å². The third-order valence-corrected chi connectivity index (χ3v) is 7.71. The molecule has 1 aromatic heterocycles. The average Bonchev–Trinajstić information content (AvgIpc) is 3.34. The third kappa shape index (κ3) is 7.07. The predicted molar refractivity (Wildman–Crippen MR) is 185 cm³/mol. The summed E-state index contributed by atoms with van der Waals surface area (Å²) in [5.41, 5.74) is 6.63. The van der Waals surface area contributed by atoms with E-state index in [1.807, 2.05) is 97.9 Å². The Hall–Kier alpha value is -4.59. The largest absolute Gasteiger partial charge is 0.493 e. The molecule has 4 aromatic rings. The molecule has 0 radical (unpaired) electrons. The van der Waals surface area contributed by atoms with E-state index in [9.17, 15) is 4.79 Å². The van der Waals surface area contributed by atoms with Crippen molar-refractivity contribution in [1.29, 1.82) is 0 Å². The van der Waals surface area contributed by atoms with Gasteiger partial charge >= 0.3 is 5.97 Å². The van der Waals surface area contributed by atoms with E-state index in [0.717, 1.165) is 44.8 Å². The maximum absolute atomic E-state index is 13.9. The van der Waals surface area contributed by atoms with E-state index in [0.29, 0.717) is 41.7 Å². The summed E-state index contributed by atoms with van der Waals surface area (Å²) in [6.45, 7) is 16.5. The highest BCUT2D eigenvalue weighted by atomic mass is 16.5. The number of rotatable bonds is 12. The number of ether oxygens (including phenoxy) is 6. The minimum Gasteiger partial charge on any atom is -0.493 e. The average molecular weight is 642 g/mol. The van der Waals surface area contributed by atoms with Crippen LogP contribution in [0.2, 0.25) is 0 Å². The molecule has 47 heavy (non-hydrogen) atoms. The van der Waals surface area contributed by atoms with Crippen molar-refractivity contribution in [1.82, 2.24) is 4.57 Å². The molecule has 0 fully saturated rings. The number of aromatic nitrogens is 1. The lowest BCUT2D eigenvalue weighted by atomic mass is 9.89. The lowest BCUT2D eigenvalue weighted by Crippen LogP contribution is -2.18. The SMILES string of the molecule is COC(=O)c1c(-c2ccc(OC(C)C)cc2OC(C)C)c(-c2cccc(OC(C)C)c2)c2n1CCc1cc(OC(C)C)c(OC)cc1-2. The molecule has 5 rings (SSSR count). The Morgan fingerprint density at radius 3 is 1.91 bits per heavy atom. The van der Waals surface area contributed by atoms with Crippen LogP contribution in [0, 0.1) is 0 Å². The van der Waals surface area contributed by atoms with Crippen LogP contribution in [0.4, 0.5) is 0 Å². The number of hydrogen-bond acceptors (Lipinski definition) is 7. The van der Waals surface area contributed by atoms with Crippen molar-refractivity contribution in [3.8, 4) is 62.3 Å². The van der Waals surface area contributed by atoms with E-state index < -0.39 is 5.97 Å². The van der Waals surface area contributed by atoms with Crippen LogP contribution in [0.5, 0.6) is 28.7 Å². The van der Waals surface area contributed by atoms with Crippen LogP contribution in [-0.4, -0.2) is 49.2 Å². The summed E-state index contributed by atoms with van der Waals surface area (Å²) in [5, 5.41) is 0. The Balaban J connectivity index is 1.91. The fraction of sp³-hybridized carbons (Fsp3) is 0.410. The molecule has 0 bridgehead atoms. The van der Waals surface area contributed by atoms with E-state index in [-0.39, 0.29) is 24.4 Å². The summed E-state index contributed by atoms with van der Waals surface area (Å²) < 4.78 is 38.2. The number of carbonyl (C=O) groups excluding carboxylic acids is 1. The molecule has 1 aliphatic heterocycles. The van der Waals surface area contributed by atoms with Crippen LogP contribution in [-0.2, 0) is 17.7 Å². The summed E-state index contributed by atoms with van der Waals surface area (Å²) >= 11 is 0. The van der Waals surface area contributed by atoms with E-state index in [4.69, 9.17) is 28.4 Å². The number of aryl methyl sites for hydroxylation is 1. The van der Waals surface area contributed by atoms with Crippen molar-refractivity contribution in [3.63, 3.8) is 0 Å². The van der Waals surface area contributed by atoms with Crippen LogP contribution in [0.25, 0.3) is 33.5 Å². The van der Waals surface area contributed by atoms with Gasteiger partial charge in [-0.05, 0) is 109 Å². The first kappa shape index (κ1) is 33.8. The van der Waals surface area contributed by atoms with Crippen LogP contribution >= 0.6 is 0 Å². The van der Waals surface area contributed by atoms with Gasteiger partial charge in [-0.2, -0.15) is 0 Å². The number of benzene rings is 3. The van der Waals surface area contributed by atoms with Gasteiger partial charge in [-0.15, -0.1) is 0 Å². The number of nitrogens with zero attached hydrogens (tertiary/aromatic N) is 1. The highest BCUT2D eigenvalue weighted by Gasteiger charge is 2.35. The fourth-order valence-electron chi connectivity index (χ4n) is 6.14. The van der Waals surface area contributed by atoms with Crippen LogP contribution in [0.1, 0.15) is 71.4 Å². The van der Waals surface area contributed by atoms with Gasteiger partial charge in [0.25, 0.3) is 0 Å². The van der Waals surface area contributed by atoms with Gasteiger partial charge in [0.1, 0.15) is 22.9 Å². The molecule has 0 atom stereocenters. The summed E-state index contributed by atoms with van der Waals surface area (Å²) in [6, 6.07) is 17.9. The van der Waals surface area contributed by atoms with Gasteiger partial charge < -0.3 is 33.0 Å². The first-order valence-corrected chi connectivity index (χ1v) is 16.4. The molecule has 0 amide bonds. The van der Waals surface area contributed by atoms with Gasteiger partial charge in [-0.3, -0.25) is 0 Å². The highest BCUT2D eigenvalue weighted by Crippen LogP contribution is 2.52. The van der Waals surface area contributed by atoms with Crippen molar-refractivity contribution in [3.05, 3.63) is 65.9 Å². The Morgan fingerprint density at radius 2 is 1.30 bits per heavy atom. The number of fused-ring (bicyclic) bond motifs is 3. The van der Waals surface area contributed by atoms with Gasteiger partial charge in [0, 0.05) is 34.9 Å². The normalized spacial score (nSPS) is 12.3. The molecule has 0 aliphatic carbocycles. The van der Waals surface area contributed by atoms with Crippen LogP contribution in [0.15, 0.2) is 54.6 Å². The molecule has 8 heteroatoms. The zero-order valence-electron chi connectivity index (χ0n) is 29.2. The quantitative estimate of drug-likeness (QED) is 0.143. The Bertz CT molecular complexity index is 1750. The molecule has 0 saturated heterocycles. The lowest BCUT2D eigenvalue weighted by molar-refractivity contribution is 0.0589. The van der Waals surface area contributed by atoms with E-state index >= 15 is 0 Å². The highest BCUT2D eigenvalue weighted by molar-refractivity contribution is 6.08. The Morgan fingerprint density at radius 1 is 0.660 bits per heavy atom. The van der Waals surface area contributed by atoms with Crippen molar-refractivity contribution in [2.45, 2.75) is 92.8 Å². The number of methoxy groups -OCH3 is 2. The molecule has 0 N–H and O–H groups in total. The van der Waals surface area contributed by atoms with Crippen molar-refractivity contribution in [2.24, 2.45) is 0 Å². The summed E-state index contributed by atoms with van der Waals surface area (Å²) in [4.78, 5) is 13.9. The molecule has 2 heterocycles. The molecule has 0 saturated carbocycles. The lowest BCUT2D eigenvalue weighted by Gasteiger charge is -2.24. The standard InChI is InChI=1S/C39H47NO7/c1-22(2)44-28-13-11-12-27(18-28)35-36(30-15-14-29(45-23(3)4)20-32(30)46-24(5)6)38(39(41)43-10)40-17-16-26-19-34(47-25(7)8)33(42-9)21-31(26)37(35)40/h11-15,18-25H,16-17H2,1-10H3. The van der Waals surface area contributed by atoms with Crippen molar-refractivity contribution in [2.75, 3.05) is 14.2 Å². The minimum absolute atomic E-state index is 0.0118. The van der Waals surface area contributed by atoms with Gasteiger partial charge in [0.15, 0.2) is 11.5 Å². The van der Waals surface area contributed by atoms with E-state index in [1.165, 1.54) is 7.11 Å². The second kappa shape index (κ2) is 14.0. The molecule has 3 aromatic carbocycles. The van der Waals surface area contributed by atoms with Crippen molar-refractivity contribution >= 4 is 5.97 Å². The topological polar surface area (TPSA) is 77.4 Å². The molecule has 0 unspecified atom stereocenters. The van der Waals surface area contributed by atoms with E-state index in [1.54, 1.807) is 7.11 Å². The van der Waals surface area contributed by atoms with Crippen LogP contribution in [0.3, 0.4) is 0 Å². The monoisotopic (exact) mass is 641 g/mol. The van der Waals surface area contributed by atoms with Gasteiger partial charge in [0.05, 0.1) is 44.3 Å². The maximum Gasteiger partial charge on any atom is 0.355 e. The second-order valence-electron chi connectivity index (χ2n) is 12.9. The fourth-order valence-corrected chi connectivity index (χ4v) is 6.14. The molecule has 250 valence electrons. The molecule has 1 aliphatic rings. The first-order valence-electron chi connectivity index (χ1n) is 16.4. The van der Waals surface area contributed by atoms with Gasteiger partial charge in [-0.25, -0.2) is 4.79 Å². The van der Waals surface area contributed by atoms with Crippen molar-refractivity contribution < 1.29 is 33.2 Å². The van der Waals surface area contributed by atoms with Gasteiger partial charge in [-0.1, -0.05) is 12.1 Å². The smallest absolute Gasteiger partial charge is 0.355 e. The molecular weight excluding hydrogens is 594 g/mol. The summed E-state index contributed by atoms with van der Waals surface area (Å²) in [7, 11) is 3.06. The molecular formula is C39H47NO7. The maximum atomic E-state index is 13.9.